The van der Waals surface area contributed by atoms with Gasteiger partial charge in [0.1, 0.15) is 5.82 Å². The summed E-state index contributed by atoms with van der Waals surface area (Å²) in [6.45, 7) is 5.20. The number of anilines is 1. The maximum absolute atomic E-state index is 12.4. The van der Waals surface area contributed by atoms with Gasteiger partial charge in [0.2, 0.25) is 5.91 Å². The van der Waals surface area contributed by atoms with Crippen molar-refractivity contribution in [1.29, 1.82) is 0 Å². The number of nitrogens with zero attached hydrogens (tertiary/aromatic N) is 2. The van der Waals surface area contributed by atoms with Gasteiger partial charge in [0, 0.05) is 10.2 Å². The fourth-order valence-corrected chi connectivity index (χ4v) is 3.07. The van der Waals surface area contributed by atoms with Crippen molar-refractivity contribution >= 4 is 38.4 Å². The van der Waals surface area contributed by atoms with Crippen molar-refractivity contribution in [3.63, 3.8) is 0 Å². The van der Waals surface area contributed by atoms with E-state index in [1.54, 1.807) is 6.07 Å². The molecule has 0 atom stereocenters. The van der Waals surface area contributed by atoms with Crippen LogP contribution >= 0.6 is 15.9 Å². The Bertz CT molecular complexity index is 1030. The summed E-state index contributed by atoms with van der Waals surface area (Å²) in [7, 11) is 0. The molecule has 1 heterocycles. The molecular weight excluding hydrogens is 408 g/mol. The number of aromatic nitrogens is 2. The number of hydrogen-bond donors (Lipinski definition) is 2. The summed E-state index contributed by atoms with van der Waals surface area (Å²) >= 11 is 3.45. The van der Waals surface area contributed by atoms with E-state index in [9.17, 15) is 9.59 Å². The zero-order valence-electron chi connectivity index (χ0n) is 15.3. The SMILES string of the molecule is CCN(CC(=O)Nc1ccc(Br)c(C)c1)Cc1nc2ccccc2c(=O)[nH]1. The molecule has 1 amide bonds. The molecule has 0 saturated carbocycles. The normalized spacial score (nSPS) is 11.1. The van der Waals surface area contributed by atoms with Crippen LogP contribution in [0.25, 0.3) is 10.9 Å². The lowest BCUT2D eigenvalue weighted by Crippen LogP contribution is -2.33. The number of H-pyrrole nitrogens is 1. The topological polar surface area (TPSA) is 78.1 Å². The maximum Gasteiger partial charge on any atom is 0.258 e. The lowest BCUT2D eigenvalue weighted by molar-refractivity contribution is -0.117. The van der Waals surface area contributed by atoms with E-state index < -0.39 is 0 Å². The molecule has 0 saturated heterocycles. The van der Waals surface area contributed by atoms with Crippen molar-refractivity contribution in [2.45, 2.75) is 20.4 Å². The van der Waals surface area contributed by atoms with Crippen LogP contribution in [0.5, 0.6) is 0 Å². The lowest BCUT2D eigenvalue weighted by Gasteiger charge is -2.19. The Morgan fingerprint density at radius 3 is 2.78 bits per heavy atom. The Kier molecular flexibility index (Phi) is 6.03. The Labute approximate surface area is 165 Å². The van der Waals surface area contributed by atoms with E-state index >= 15 is 0 Å². The van der Waals surface area contributed by atoms with Crippen LogP contribution in [0.1, 0.15) is 18.3 Å². The summed E-state index contributed by atoms with van der Waals surface area (Å²) in [6.07, 6.45) is 0. The average Bonchev–Trinajstić information content (AvgIpc) is 2.64. The Hall–Kier alpha value is -2.51. The van der Waals surface area contributed by atoms with Crippen molar-refractivity contribution in [3.05, 3.63) is 68.7 Å². The summed E-state index contributed by atoms with van der Waals surface area (Å²) in [5.41, 5.74) is 2.30. The quantitative estimate of drug-likeness (QED) is 0.629. The second kappa shape index (κ2) is 8.45. The van der Waals surface area contributed by atoms with E-state index in [1.165, 1.54) is 0 Å². The first-order chi connectivity index (χ1) is 13.0. The van der Waals surface area contributed by atoms with Gasteiger partial charge in [-0.2, -0.15) is 0 Å². The minimum absolute atomic E-state index is 0.110. The fourth-order valence-electron chi connectivity index (χ4n) is 2.83. The first kappa shape index (κ1) is 19.3. The summed E-state index contributed by atoms with van der Waals surface area (Å²) in [6, 6.07) is 12.9. The van der Waals surface area contributed by atoms with Crippen LogP contribution in [-0.2, 0) is 11.3 Å². The van der Waals surface area contributed by atoms with Gasteiger partial charge < -0.3 is 10.3 Å². The second-order valence-electron chi connectivity index (χ2n) is 6.35. The smallest absolute Gasteiger partial charge is 0.258 e. The standard InChI is InChI=1S/C20H21BrN4O2/c1-3-25(12-19(26)22-14-8-9-16(21)13(2)10-14)11-18-23-17-7-5-4-6-15(17)20(27)24-18/h4-10H,3,11-12H2,1-2H3,(H,22,26)(H,23,24,27). The molecule has 0 aliphatic heterocycles. The monoisotopic (exact) mass is 428 g/mol. The van der Waals surface area contributed by atoms with Crippen molar-refractivity contribution in [2.24, 2.45) is 0 Å². The fraction of sp³-hybridized carbons (Fsp3) is 0.250. The van der Waals surface area contributed by atoms with Gasteiger partial charge in [-0.05, 0) is 49.4 Å². The number of amides is 1. The van der Waals surface area contributed by atoms with Gasteiger partial charge in [0.25, 0.3) is 5.56 Å². The number of nitrogens with one attached hydrogen (secondary N) is 2. The Morgan fingerprint density at radius 2 is 2.04 bits per heavy atom. The van der Waals surface area contributed by atoms with E-state index in [-0.39, 0.29) is 18.0 Å². The predicted octanol–water partition coefficient (Wildman–Crippen LogP) is 3.45. The number of rotatable bonds is 6. The molecule has 140 valence electrons. The van der Waals surface area contributed by atoms with E-state index in [4.69, 9.17) is 0 Å². The molecule has 3 aromatic rings. The number of fused-ring (bicyclic) bond motifs is 1. The van der Waals surface area contributed by atoms with Crippen LogP contribution in [0.2, 0.25) is 0 Å². The summed E-state index contributed by atoms with van der Waals surface area (Å²) in [4.78, 5) is 33.8. The zero-order valence-corrected chi connectivity index (χ0v) is 16.8. The zero-order chi connectivity index (χ0) is 19.4. The molecule has 1 aromatic heterocycles. The summed E-state index contributed by atoms with van der Waals surface area (Å²) < 4.78 is 1.00. The molecular formula is C20H21BrN4O2. The number of carbonyl (C=O) groups excluding carboxylic acids is 1. The molecule has 2 N–H and O–H groups in total. The number of carbonyl (C=O) groups is 1. The lowest BCUT2D eigenvalue weighted by atomic mass is 10.2. The number of likely N-dealkylation sites (N-methyl/N-ethyl adjacent to an activating group) is 1. The highest BCUT2D eigenvalue weighted by molar-refractivity contribution is 9.10. The molecule has 0 bridgehead atoms. The second-order valence-corrected chi connectivity index (χ2v) is 7.20. The highest BCUT2D eigenvalue weighted by atomic mass is 79.9. The van der Waals surface area contributed by atoms with Gasteiger partial charge in [-0.3, -0.25) is 14.5 Å². The molecule has 0 radical (unpaired) electrons. The first-order valence-electron chi connectivity index (χ1n) is 8.72. The highest BCUT2D eigenvalue weighted by Gasteiger charge is 2.13. The molecule has 27 heavy (non-hydrogen) atoms. The minimum atomic E-state index is -0.165. The number of hydrogen-bond acceptors (Lipinski definition) is 4. The van der Waals surface area contributed by atoms with E-state index in [0.29, 0.717) is 29.8 Å². The van der Waals surface area contributed by atoms with Gasteiger partial charge in [-0.1, -0.05) is 35.0 Å². The predicted molar refractivity (Wildman–Crippen MR) is 111 cm³/mol. The minimum Gasteiger partial charge on any atom is -0.325 e. The van der Waals surface area contributed by atoms with Gasteiger partial charge in [-0.25, -0.2) is 4.98 Å². The molecule has 6 nitrogen and oxygen atoms in total. The number of aryl methyl sites for hydroxylation is 1. The highest BCUT2D eigenvalue weighted by Crippen LogP contribution is 2.20. The van der Waals surface area contributed by atoms with Crippen LogP contribution in [-0.4, -0.2) is 33.9 Å². The molecule has 0 aliphatic rings. The van der Waals surface area contributed by atoms with E-state index in [0.717, 1.165) is 15.7 Å². The third-order valence-electron chi connectivity index (χ3n) is 4.29. The van der Waals surface area contributed by atoms with Crippen LogP contribution in [0, 0.1) is 6.92 Å². The van der Waals surface area contributed by atoms with Crippen molar-refractivity contribution < 1.29 is 4.79 Å². The van der Waals surface area contributed by atoms with Gasteiger partial charge in [0.15, 0.2) is 0 Å². The molecule has 0 aliphatic carbocycles. The molecule has 2 aromatic carbocycles. The van der Waals surface area contributed by atoms with Crippen LogP contribution in [0.3, 0.4) is 0 Å². The number of para-hydroxylation sites is 1. The van der Waals surface area contributed by atoms with Crippen LogP contribution in [0.4, 0.5) is 5.69 Å². The third kappa shape index (κ3) is 4.81. The number of aromatic amines is 1. The molecule has 0 spiro atoms. The number of benzene rings is 2. The van der Waals surface area contributed by atoms with Crippen molar-refractivity contribution in [2.75, 3.05) is 18.4 Å². The van der Waals surface area contributed by atoms with Gasteiger partial charge in [-0.15, -0.1) is 0 Å². The summed E-state index contributed by atoms with van der Waals surface area (Å²) in [5, 5.41) is 3.47. The Morgan fingerprint density at radius 1 is 1.26 bits per heavy atom. The third-order valence-corrected chi connectivity index (χ3v) is 5.18. The molecule has 7 heteroatoms. The van der Waals surface area contributed by atoms with E-state index in [1.807, 2.05) is 55.1 Å². The molecule has 0 fully saturated rings. The van der Waals surface area contributed by atoms with Gasteiger partial charge >= 0.3 is 0 Å². The van der Waals surface area contributed by atoms with Gasteiger partial charge in [0.05, 0.1) is 24.0 Å². The molecule has 3 rings (SSSR count). The number of halogens is 1. The average molecular weight is 429 g/mol. The summed E-state index contributed by atoms with van der Waals surface area (Å²) in [5.74, 6) is 0.439. The van der Waals surface area contributed by atoms with E-state index in [2.05, 4.69) is 31.2 Å². The van der Waals surface area contributed by atoms with Crippen molar-refractivity contribution in [1.82, 2.24) is 14.9 Å². The van der Waals surface area contributed by atoms with Crippen LogP contribution < -0.4 is 10.9 Å². The first-order valence-corrected chi connectivity index (χ1v) is 9.52. The van der Waals surface area contributed by atoms with Crippen molar-refractivity contribution in [3.8, 4) is 0 Å². The Balaban J connectivity index is 1.69. The maximum atomic E-state index is 12.4. The van der Waals surface area contributed by atoms with Crippen LogP contribution in [0.15, 0.2) is 51.7 Å². The largest absolute Gasteiger partial charge is 0.325 e. The molecule has 0 unspecified atom stereocenters.